The third kappa shape index (κ3) is 1.91. The molecule has 0 saturated heterocycles. The average Bonchev–Trinajstić information content (AvgIpc) is 2.69. The molecule has 0 heterocycles. The normalized spacial score (nSPS) is 20.7. The molecule has 0 aliphatic heterocycles. The smallest absolute Gasteiger partial charge is 0.212 e. The first kappa shape index (κ1) is 8.50. The van der Waals surface area contributed by atoms with E-state index in [1.54, 1.807) is 0 Å². The van der Waals surface area contributed by atoms with Crippen molar-refractivity contribution >= 4 is 10.0 Å². The molecule has 1 fully saturated rings. The van der Waals surface area contributed by atoms with Gasteiger partial charge in [0.1, 0.15) is 0 Å². The Morgan fingerprint density at radius 2 is 2.18 bits per heavy atom. The van der Waals surface area contributed by atoms with E-state index in [2.05, 4.69) is 4.72 Å². The highest BCUT2D eigenvalue weighted by Crippen LogP contribution is 2.45. The average molecular weight is 174 g/mol. The van der Waals surface area contributed by atoms with Crippen LogP contribution >= 0.6 is 0 Å². The summed E-state index contributed by atoms with van der Waals surface area (Å²) in [5.41, 5.74) is -0.568. The number of sulfonamides is 1. The Bertz CT molecular complexity index is 284. The lowest BCUT2D eigenvalue weighted by molar-refractivity contribution is 0.575. The molecule has 1 N–H and O–H groups in total. The fourth-order valence-corrected chi connectivity index (χ4v) is 2.10. The minimum Gasteiger partial charge on any atom is -0.218 e. The first-order valence-corrected chi connectivity index (χ1v) is 5.01. The summed E-state index contributed by atoms with van der Waals surface area (Å²) < 4.78 is 24.1. The van der Waals surface area contributed by atoms with E-state index in [0.29, 0.717) is 12.8 Å². The van der Waals surface area contributed by atoms with E-state index in [9.17, 15) is 8.42 Å². The zero-order valence-corrected chi connectivity index (χ0v) is 7.11. The minimum atomic E-state index is -3.20. The second kappa shape index (κ2) is 2.47. The van der Waals surface area contributed by atoms with Crippen LogP contribution in [0.2, 0.25) is 0 Å². The molecule has 0 atom stereocenters. The van der Waals surface area contributed by atoms with Crippen molar-refractivity contribution in [1.82, 2.24) is 4.72 Å². The van der Waals surface area contributed by atoms with Gasteiger partial charge in [0, 0.05) is 0 Å². The van der Waals surface area contributed by atoms with Gasteiger partial charge in [-0.25, -0.2) is 13.1 Å². The van der Waals surface area contributed by atoms with Crippen molar-refractivity contribution in [3.8, 4) is 6.07 Å². The number of nitrogens with zero attached hydrogens (tertiary/aromatic N) is 1. The van der Waals surface area contributed by atoms with E-state index in [0.717, 1.165) is 0 Å². The van der Waals surface area contributed by atoms with Gasteiger partial charge in [0.2, 0.25) is 10.0 Å². The van der Waals surface area contributed by atoms with Gasteiger partial charge >= 0.3 is 0 Å². The number of hydrogen-bond acceptors (Lipinski definition) is 3. The third-order valence-corrected chi connectivity index (χ3v) is 3.42. The molecule has 11 heavy (non-hydrogen) atoms. The van der Waals surface area contributed by atoms with Crippen LogP contribution in [0.25, 0.3) is 0 Å². The lowest BCUT2D eigenvalue weighted by Crippen LogP contribution is -2.26. The van der Waals surface area contributed by atoms with Crippen LogP contribution in [-0.4, -0.2) is 21.2 Å². The Kier molecular flexibility index (Phi) is 1.90. The highest BCUT2D eigenvalue weighted by molar-refractivity contribution is 7.89. The van der Waals surface area contributed by atoms with Gasteiger partial charge in [-0.3, -0.25) is 0 Å². The Morgan fingerprint density at radius 3 is 2.45 bits per heavy atom. The Labute approximate surface area is 66.3 Å². The van der Waals surface area contributed by atoms with Crippen molar-refractivity contribution in [1.29, 1.82) is 5.26 Å². The van der Waals surface area contributed by atoms with Gasteiger partial charge in [0.25, 0.3) is 0 Å². The van der Waals surface area contributed by atoms with Crippen molar-refractivity contribution < 1.29 is 8.42 Å². The molecule has 4 nitrogen and oxygen atoms in total. The lowest BCUT2D eigenvalue weighted by Gasteiger charge is -2.04. The van der Waals surface area contributed by atoms with E-state index >= 15 is 0 Å². The Morgan fingerprint density at radius 1 is 1.64 bits per heavy atom. The Hall–Kier alpha value is -0.600. The SMILES string of the molecule is CNS(=O)(=O)CC1(C#N)CC1. The summed E-state index contributed by atoms with van der Waals surface area (Å²) in [4.78, 5) is 0. The number of hydrogen-bond donors (Lipinski definition) is 1. The molecule has 1 saturated carbocycles. The molecular formula is C6H10N2O2S. The largest absolute Gasteiger partial charge is 0.218 e. The molecule has 0 radical (unpaired) electrons. The van der Waals surface area contributed by atoms with Crippen molar-refractivity contribution in [2.75, 3.05) is 12.8 Å². The molecule has 1 aliphatic rings. The summed E-state index contributed by atoms with van der Waals surface area (Å²) in [5, 5.41) is 8.57. The van der Waals surface area contributed by atoms with Crippen molar-refractivity contribution in [2.45, 2.75) is 12.8 Å². The van der Waals surface area contributed by atoms with Gasteiger partial charge in [-0.15, -0.1) is 0 Å². The molecular weight excluding hydrogens is 164 g/mol. The van der Waals surface area contributed by atoms with Crippen molar-refractivity contribution in [2.24, 2.45) is 5.41 Å². The molecule has 0 aromatic rings. The van der Waals surface area contributed by atoms with E-state index in [-0.39, 0.29) is 5.75 Å². The van der Waals surface area contributed by atoms with Crippen molar-refractivity contribution in [3.63, 3.8) is 0 Å². The second-order valence-corrected chi connectivity index (χ2v) is 4.78. The van der Waals surface area contributed by atoms with Crippen LogP contribution in [-0.2, 0) is 10.0 Å². The zero-order valence-electron chi connectivity index (χ0n) is 6.29. The monoisotopic (exact) mass is 174 g/mol. The molecule has 1 rings (SSSR count). The zero-order chi connectivity index (χ0) is 8.54. The summed E-state index contributed by atoms with van der Waals surface area (Å²) >= 11 is 0. The first-order chi connectivity index (χ1) is 5.04. The van der Waals surface area contributed by atoms with Crippen LogP contribution in [0.5, 0.6) is 0 Å². The standard InChI is InChI=1S/C6H10N2O2S/c1-8-11(9,10)5-6(4-7)2-3-6/h8H,2-3,5H2,1H3. The summed E-state index contributed by atoms with van der Waals surface area (Å²) in [5.74, 6) is -0.0486. The maximum absolute atomic E-state index is 11.0. The van der Waals surface area contributed by atoms with Crippen LogP contribution in [0, 0.1) is 16.7 Å². The predicted octanol–water partition coefficient (Wildman–Crippen LogP) is -0.161. The van der Waals surface area contributed by atoms with Crippen LogP contribution < -0.4 is 4.72 Å². The fraction of sp³-hybridized carbons (Fsp3) is 0.833. The molecule has 0 bridgehead atoms. The quantitative estimate of drug-likeness (QED) is 0.646. The van der Waals surface area contributed by atoms with Crippen LogP contribution in [0.15, 0.2) is 0 Å². The summed E-state index contributed by atoms with van der Waals surface area (Å²) in [6, 6.07) is 2.02. The second-order valence-electron chi connectivity index (χ2n) is 2.86. The van der Waals surface area contributed by atoms with Gasteiger partial charge in [-0.2, -0.15) is 5.26 Å². The van der Waals surface area contributed by atoms with Crippen molar-refractivity contribution in [3.05, 3.63) is 0 Å². The molecule has 1 aliphatic carbocycles. The molecule has 0 aromatic carbocycles. The fourth-order valence-electron chi connectivity index (χ4n) is 0.875. The van der Waals surface area contributed by atoms with Crippen LogP contribution in [0.4, 0.5) is 0 Å². The third-order valence-electron chi connectivity index (χ3n) is 1.87. The summed E-state index contributed by atoms with van der Waals surface area (Å²) in [6.45, 7) is 0. The molecule has 0 spiro atoms. The van der Waals surface area contributed by atoms with Gasteiger partial charge < -0.3 is 0 Å². The molecule has 0 aromatic heterocycles. The van der Waals surface area contributed by atoms with E-state index < -0.39 is 15.4 Å². The van der Waals surface area contributed by atoms with Crippen LogP contribution in [0.3, 0.4) is 0 Å². The predicted molar refractivity (Wildman–Crippen MR) is 40.1 cm³/mol. The molecule has 0 unspecified atom stereocenters. The molecule has 0 amide bonds. The maximum atomic E-state index is 11.0. The molecule has 62 valence electrons. The number of rotatable bonds is 3. The van der Waals surface area contributed by atoms with Gasteiger partial charge in [0.15, 0.2) is 0 Å². The van der Waals surface area contributed by atoms with E-state index in [1.165, 1.54) is 7.05 Å². The highest BCUT2D eigenvalue weighted by Gasteiger charge is 2.46. The summed E-state index contributed by atoms with van der Waals surface area (Å²) in [7, 11) is -1.84. The first-order valence-electron chi connectivity index (χ1n) is 3.36. The highest BCUT2D eigenvalue weighted by atomic mass is 32.2. The Balaban J connectivity index is 2.64. The van der Waals surface area contributed by atoms with Gasteiger partial charge in [0.05, 0.1) is 17.2 Å². The van der Waals surface area contributed by atoms with E-state index in [4.69, 9.17) is 5.26 Å². The van der Waals surface area contributed by atoms with Gasteiger partial charge in [-0.1, -0.05) is 0 Å². The topological polar surface area (TPSA) is 70.0 Å². The lowest BCUT2D eigenvalue weighted by atomic mass is 10.2. The molecule has 5 heteroatoms. The van der Waals surface area contributed by atoms with Gasteiger partial charge in [-0.05, 0) is 19.9 Å². The van der Waals surface area contributed by atoms with E-state index in [1.807, 2.05) is 6.07 Å². The number of nitrogens with one attached hydrogen (secondary N) is 1. The minimum absolute atomic E-state index is 0.0486. The maximum Gasteiger partial charge on any atom is 0.212 e. The summed E-state index contributed by atoms with van der Waals surface area (Å²) in [6.07, 6.45) is 1.43. The number of nitriles is 1. The van der Waals surface area contributed by atoms with Crippen LogP contribution in [0.1, 0.15) is 12.8 Å².